The molecule has 1 atom stereocenters. The summed E-state index contributed by atoms with van der Waals surface area (Å²) >= 11 is 5.88. The SMILES string of the molecule is CCCCCCCCCCCCN[C@H]1CC(=O)N(c2ccc(Cl)cc2)C1=O. The number of hydrogen-bond donors (Lipinski definition) is 1. The second-order valence-electron chi connectivity index (χ2n) is 7.44. The van der Waals surface area contributed by atoms with E-state index in [0.29, 0.717) is 10.7 Å². The Morgan fingerprint density at radius 1 is 0.926 bits per heavy atom. The van der Waals surface area contributed by atoms with Gasteiger partial charge in [-0.2, -0.15) is 0 Å². The van der Waals surface area contributed by atoms with E-state index in [1.807, 2.05) is 0 Å². The van der Waals surface area contributed by atoms with E-state index in [2.05, 4.69) is 12.2 Å². The van der Waals surface area contributed by atoms with Gasteiger partial charge in [0.05, 0.1) is 18.2 Å². The number of hydrogen-bond acceptors (Lipinski definition) is 3. The van der Waals surface area contributed by atoms with E-state index in [4.69, 9.17) is 11.6 Å². The topological polar surface area (TPSA) is 49.4 Å². The quantitative estimate of drug-likeness (QED) is 0.357. The van der Waals surface area contributed by atoms with Crippen molar-refractivity contribution in [2.75, 3.05) is 11.4 Å². The van der Waals surface area contributed by atoms with Crippen LogP contribution in [0.2, 0.25) is 5.02 Å². The number of halogens is 1. The fourth-order valence-corrected chi connectivity index (χ4v) is 3.67. The first-order chi connectivity index (χ1) is 13.1. The summed E-state index contributed by atoms with van der Waals surface area (Å²) in [6.45, 7) is 3.03. The van der Waals surface area contributed by atoms with Crippen LogP contribution in [-0.4, -0.2) is 24.4 Å². The Morgan fingerprint density at radius 3 is 2.07 bits per heavy atom. The molecular weight excluding hydrogens is 360 g/mol. The van der Waals surface area contributed by atoms with Crippen molar-refractivity contribution in [1.82, 2.24) is 5.32 Å². The van der Waals surface area contributed by atoms with Gasteiger partial charge in [-0.25, -0.2) is 4.90 Å². The summed E-state index contributed by atoms with van der Waals surface area (Å²) in [6.07, 6.45) is 13.1. The maximum Gasteiger partial charge on any atom is 0.251 e. The summed E-state index contributed by atoms with van der Waals surface area (Å²) < 4.78 is 0. The average Bonchev–Trinajstić information content (AvgIpc) is 2.94. The monoisotopic (exact) mass is 392 g/mol. The number of unbranched alkanes of at least 4 members (excludes halogenated alkanes) is 9. The van der Waals surface area contributed by atoms with Gasteiger partial charge in [0.25, 0.3) is 5.91 Å². The predicted molar refractivity (Wildman–Crippen MR) is 112 cm³/mol. The van der Waals surface area contributed by atoms with E-state index in [0.717, 1.165) is 13.0 Å². The number of imide groups is 1. The molecule has 1 aromatic carbocycles. The molecular formula is C22H33ClN2O2. The maximum absolute atomic E-state index is 12.5. The lowest BCUT2D eigenvalue weighted by Crippen LogP contribution is -2.39. The number of amides is 2. The molecule has 0 spiro atoms. The highest BCUT2D eigenvalue weighted by atomic mass is 35.5. The van der Waals surface area contributed by atoms with Crippen LogP contribution in [-0.2, 0) is 9.59 Å². The van der Waals surface area contributed by atoms with Crippen molar-refractivity contribution >= 4 is 29.1 Å². The van der Waals surface area contributed by atoms with Gasteiger partial charge in [0.15, 0.2) is 0 Å². The largest absolute Gasteiger partial charge is 0.305 e. The average molecular weight is 393 g/mol. The highest BCUT2D eigenvalue weighted by molar-refractivity contribution is 6.30. The van der Waals surface area contributed by atoms with Crippen LogP contribution < -0.4 is 10.2 Å². The van der Waals surface area contributed by atoms with Crippen molar-refractivity contribution in [1.29, 1.82) is 0 Å². The van der Waals surface area contributed by atoms with E-state index in [9.17, 15) is 9.59 Å². The number of anilines is 1. The molecule has 4 nitrogen and oxygen atoms in total. The minimum Gasteiger partial charge on any atom is -0.305 e. The highest BCUT2D eigenvalue weighted by Crippen LogP contribution is 2.24. The molecule has 0 unspecified atom stereocenters. The van der Waals surface area contributed by atoms with Crippen molar-refractivity contribution in [2.45, 2.75) is 83.6 Å². The Hall–Kier alpha value is -1.39. The van der Waals surface area contributed by atoms with Crippen LogP contribution in [0, 0.1) is 0 Å². The van der Waals surface area contributed by atoms with E-state index in [1.54, 1.807) is 24.3 Å². The Morgan fingerprint density at radius 2 is 1.48 bits per heavy atom. The first-order valence-corrected chi connectivity index (χ1v) is 10.9. The minimum atomic E-state index is -0.397. The van der Waals surface area contributed by atoms with Crippen molar-refractivity contribution in [3.05, 3.63) is 29.3 Å². The van der Waals surface area contributed by atoms with Crippen LogP contribution in [0.1, 0.15) is 77.6 Å². The van der Waals surface area contributed by atoms with E-state index < -0.39 is 6.04 Å². The van der Waals surface area contributed by atoms with Crippen LogP contribution in [0.4, 0.5) is 5.69 Å². The molecule has 1 aliphatic rings. The number of nitrogens with zero attached hydrogens (tertiary/aromatic N) is 1. The van der Waals surface area contributed by atoms with Gasteiger partial charge in [0.1, 0.15) is 0 Å². The van der Waals surface area contributed by atoms with Gasteiger partial charge < -0.3 is 5.32 Å². The third-order valence-electron chi connectivity index (χ3n) is 5.15. The minimum absolute atomic E-state index is 0.150. The van der Waals surface area contributed by atoms with Gasteiger partial charge in [-0.15, -0.1) is 0 Å². The number of carbonyl (C=O) groups is 2. The summed E-state index contributed by atoms with van der Waals surface area (Å²) in [7, 11) is 0. The first-order valence-electron chi connectivity index (χ1n) is 10.5. The van der Waals surface area contributed by atoms with Crippen LogP contribution in [0.15, 0.2) is 24.3 Å². The van der Waals surface area contributed by atoms with Gasteiger partial charge in [0.2, 0.25) is 5.91 Å². The van der Waals surface area contributed by atoms with Crippen molar-refractivity contribution in [2.24, 2.45) is 0 Å². The zero-order valence-electron chi connectivity index (χ0n) is 16.5. The lowest BCUT2D eigenvalue weighted by molar-refractivity contribution is -0.121. The Labute approximate surface area is 168 Å². The predicted octanol–water partition coefficient (Wildman–Crippen LogP) is 5.48. The molecule has 150 valence electrons. The van der Waals surface area contributed by atoms with Gasteiger partial charge in [-0.1, -0.05) is 76.3 Å². The van der Waals surface area contributed by atoms with Gasteiger partial charge >= 0.3 is 0 Å². The van der Waals surface area contributed by atoms with E-state index in [-0.39, 0.29) is 18.2 Å². The normalized spacial score (nSPS) is 17.1. The molecule has 5 heteroatoms. The third kappa shape index (κ3) is 7.27. The molecule has 0 radical (unpaired) electrons. The highest BCUT2D eigenvalue weighted by Gasteiger charge is 2.38. The number of rotatable bonds is 13. The fraction of sp³-hybridized carbons (Fsp3) is 0.636. The molecule has 1 N–H and O–H groups in total. The molecule has 1 aliphatic heterocycles. The summed E-state index contributed by atoms with van der Waals surface area (Å²) in [6, 6.07) is 6.42. The van der Waals surface area contributed by atoms with Crippen LogP contribution in [0.25, 0.3) is 0 Å². The van der Waals surface area contributed by atoms with E-state index >= 15 is 0 Å². The zero-order chi connectivity index (χ0) is 19.5. The van der Waals surface area contributed by atoms with Gasteiger partial charge in [-0.3, -0.25) is 9.59 Å². The summed E-state index contributed by atoms with van der Waals surface area (Å²) in [5.41, 5.74) is 0.595. The molecule has 0 aromatic heterocycles. The molecule has 27 heavy (non-hydrogen) atoms. The fourth-order valence-electron chi connectivity index (χ4n) is 3.54. The van der Waals surface area contributed by atoms with E-state index in [1.165, 1.54) is 62.7 Å². The smallest absolute Gasteiger partial charge is 0.251 e. The molecule has 1 aromatic rings. The Kier molecular flexibility index (Phi) is 9.85. The maximum atomic E-state index is 12.5. The third-order valence-corrected chi connectivity index (χ3v) is 5.40. The lowest BCUT2D eigenvalue weighted by atomic mass is 10.1. The van der Waals surface area contributed by atoms with Crippen molar-refractivity contribution in [3.63, 3.8) is 0 Å². The summed E-state index contributed by atoms with van der Waals surface area (Å²) in [5.74, 6) is -0.308. The van der Waals surface area contributed by atoms with Gasteiger partial charge in [0, 0.05) is 5.02 Å². The summed E-state index contributed by atoms with van der Waals surface area (Å²) in [5, 5.41) is 3.85. The Bertz CT molecular complexity index is 588. The molecule has 1 fully saturated rings. The van der Waals surface area contributed by atoms with Gasteiger partial charge in [-0.05, 0) is 37.2 Å². The molecule has 1 heterocycles. The summed E-state index contributed by atoms with van der Waals surface area (Å²) in [4.78, 5) is 26.0. The van der Waals surface area contributed by atoms with Crippen molar-refractivity contribution < 1.29 is 9.59 Å². The van der Waals surface area contributed by atoms with Crippen molar-refractivity contribution in [3.8, 4) is 0 Å². The lowest BCUT2D eigenvalue weighted by Gasteiger charge is -2.15. The second kappa shape index (κ2) is 12.1. The number of nitrogens with one attached hydrogen (secondary N) is 1. The Balaban J connectivity index is 1.58. The molecule has 1 saturated heterocycles. The number of carbonyl (C=O) groups excluding carboxylic acids is 2. The van der Waals surface area contributed by atoms with Crippen LogP contribution >= 0.6 is 11.6 Å². The molecule has 2 rings (SSSR count). The first kappa shape index (κ1) is 21.9. The number of benzene rings is 1. The molecule has 0 aliphatic carbocycles. The van der Waals surface area contributed by atoms with Crippen LogP contribution in [0.3, 0.4) is 0 Å². The van der Waals surface area contributed by atoms with Crippen LogP contribution in [0.5, 0.6) is 0 Å². The second-order valence-corrected chi connectivity index (χ2v) is 7.87. The molecule has 2 amide bonds. The standard InChI is InChI=1S/C22H33ClN2O2/c1-2-3-4-5-6-7-8-9-10-11-16-24-20-17-21(26)25(22(20)27)19-14-12-18(23)13-15-19/h12-15,20,24H,2-11,16-17H2,1H3/t20-/m0/s1. The molecule has 0 saturated carbocycles. The molecule has 0 bridgehead atoms. The zero-order valence-corrected chi connectivity index (χ0v) is 17.3.